The molecule has 2 aromatic rings. The number of amides is 1. The smallest absolute Gasteiger partial charge is 0.338 e. The Morgan fingerprint density at radius 3 is 2.54 bits per heavy atom. The first-order valence-corrected chi connectivity index (χ1v) is 9.51. The minimum absolute atomic E-state index is 0.361. The Morgan fingerprint density at radius 1 is 1.14 bits per heavy atom. The maximum absolute atomic E-state index is 12.2. The predicted octanol–water partition coefficient (Wildman–Crippen LogP) is 3.28. The second-order valence-corrected chi connectivity index (χ2v) is 7.08. The zero-order valence-corrected chi connectivity index (χ0v) is 16.5. The van der Waals surface area contributed by atoms with Crippen molar-refractivity contribution < 1.29 is 19.1 Å². The monoisotopic (exact) mass is 402 g/mol. The Hall–Kier alpha value is -2.41. The highest BCUT2D eigenvalue weighted by Gasteiger charge is 2.13. The van der Waals surface area contributed by atoms with Gasteiger partial charge in [-0.3, -0.25) is 9.69 Å². The van der Waals surface area contributed by atoms with E-state index in [1.165, 1.54) is 0 Å². The lowest BCUT2D eigenvalue weighted by Crippen LogP contribution is -2.35. The number of carbonyl (C=O) groups is 2. The number of halogens is 1. The standard InChI is InChI=1S/C21H23ClN2O4/c1-15-2-7-18(12-19(15)22)23-20(25)14-28-21(26)17-5-3-16(4-6-17)13-24-8-10-27-11-9-24/h2-7,12H,8-11,13-14H2,1H3,(H,23,25). The van der Waals surface area contributed by atoms with Crippen molar-refractivity contribution in [1.82, 2.24) is 4.90 Å². The number of morpholine rings is 1. The molecule has 1 aliphatic rings. The van der Waals surface area contributed by atoms with Gasteiger partial charge in [-0.2, -0.15) is 0 Å². The molecular formula is C21H23ClN2O4. The minimum atomic E-state index is -0.532. The molecule has 0 aliphatic carbocycles. The summed E-state index contributed by atoms with van der Waals surface area (Å²) in [6.07, 6.45) is 0. The number of aryl methyl sites for hydroxylation is 1. The van der Waals surface area contributed by atoms with Gasteiger partial charge in [0.2, 0.25) is 0 Å². The van der Waals surface area contributed by atoms with Crippen LogP contribution in [0.5, 0.6) is 0 Å². The first-order chi connectivity index (χ1) is 13.5. The third-order valence-electron chi connectivity index (χ3n) is 4.49. The van der Waals surface area contributed by atoms with Gasteiger partial charge in [-0.05, 0) is 42.3 Å². The number of benzene rings is 2. The van der Waals surface area contributed by atoms with E-state index >= 15 is 0 Å². The molecule has 1 amide bonds. The summed E-state index contributed by atoms with van der Waals surface area (Å²) in [6.45, 7) is 5.65. The summed E-state index contributed by atoms with van der Waals surface area (Å²) in [4.78, 5) is 26.4. The lowest BCUT2D eigenvalue weighted by atomic mass is 10.1. The summed E-state index contributed by atoms with van der Waals surface area (Å²) in [5.74, 6) is -0.952. The van der Waals surface area contributed by atoms with Gasteiger partial charge in [0.15, 0.2) is 6.61 Å². The van der Waals surface area contributed by atoms with Crippen LogP contribution < -0.4 is 5.32 Å². The highest BCUT2D eigenvalue weighted by molar-refractivity contribution is 6.31. The van der Waals surface area contributed by atoms with Gasteiger partial charge in [0.1, 0.15) is 0 Å². The van der Waals surface area contributed by atoms with Crippen LogP contribution in [0.2, 0.25) is 5.02 Å². The van der Waals surface area contributed by atoms with Crippen LogP contribution in [0.3, 0.4) is 0 Å². The van der Waals surface area contributed by atoms with Crippen LogP contribution in [0.1, 0.15) is 21.5 Å². The molecule has 1 aliphatic heterocycles. The fraction of sp³-hybridized carbons (Fsp3) is 0.333. The lowest BCUT2D eigenvalue weighted by molar-refractivity contribution is -0.119. The maximum Gasteiger partial charge on any atom is 0.338 e. The zero-order chi connectivity index (χ0) is 19.9. The van der Waals surface area contributed by atoms with Crippen molar-refractivity contribution in [2.45, 2.75) is 13.5 Å². The third-order valence-corrected chi connectivity index (χ3v) is 4.90. The lowest BCUT2D eigenvalue weighted by Gasteiger charge is -2.26. The van der Waals surface area contributed by atoms with Gasteiger partial charge in [-0.25, -0.2) is 4.79 Å². The van der Waals surface area contributed by atoms with Gasteiger partial charge in [-0.1, -0.05) is 29.8 Å². The van der Waals surface area contributed by atoms with Crippen molar-refractivity contribution in [3.63, 3.8) is 0 Å². The molecule has 148 valence electrons. The highest BCUT2D eigenvalue weighted by Crippen LogP contribution is 2.19. The molecule has 28 heavy (non-hydrogen) atoms. The fourth-order valence-electron chi connectivity index (χ4n) is 2.85. The normalized spacial score (nSPS) is 14.5. The number of carbonyl (C=O) groups excluding carboxylic acids is 2. The number of ether oxygens (including phenoxy) is 2. The van der Waals surface area contributed by atoms with Crippen molar-refractivity contribution in [3.05, 3.63) is 64.2 Å². The van der Waals surface area contributed by atoms with Crippen LogP contribution in [-0.2, 0) is 20.8 Å². The number of hydrogen-bond acceptors (Lipinski definition) is 5. The van der Waals surface area contributed by atoms with Gasteiger partial charge in [0.25, 0.3) is 5.91 Å². The largest absolute Gasteiger partial charge is 0.452 e. The van der Waals surface area contributed by atoms with Crippen molar-refractivity contribution in [2.24, 2.45) is 0 Å². The van der Waals surface area contributed by atoms with Crippen LogP contribution in [0.25, 0.3) is 0 Å². The van der Waals surface area contributed by atoms with Gasteiger partial charge in [-0.15, -0.1) is 0 Å². The first kappa shape index (κ1) is 20.3. The van der Waals surface area contributed by atoms with Gasteiger partial charge < -0.3 is 14.8 Å². The van der Waals surface area contributed by atoms with Crippen molar-refractivity contribution in [2.75, 3.05) is 38.2 Å². The van der Waals surface area contributed by atoms with E-state index in [0.717, 1.165) is 44.0 Å². The summed E-state index contributed by atoms with van der Waals surface area (Å²) in [5, 5.41) is 3.22. The number of rotatable bonds is 6. The van der Waals surface area contributed by atoms with Gasteiger partial charge in [0, 0.05) is 30.3 Å². The molecule has 0 saturated carbocycles. The average Bonchev–Trinajstić information content (AvgIpc) is 2.70. The minimum Gasteiger partial charge on any atom is -0.452 e. The number of hydrogen-bond donors (Lipinski definition) is 1. The van der Waals surface area contributed by atoms with Crippen molar-refractivity contribution in [3.8, 4) is 0 Å². The highest BCUT2D eigenvalue weighted by atomic mass is 35.5. The molecule has 3 rings (SSSR count). The summed E-state index contributed by atoms with van der Waals surface area (Å²) in [6, 6.07) is 12.5. The fourth-order valence-corrected chi connectivity index (χ4v) is 3.03. The van der Waals surface area contributed by atoms with Crippen LogP contribution in [0.4, 0.5) is 5.69 Å². The third kappa shape index (κ3) is 5.79. The van der Waals surface area contributed by atoms with E-state index in [1.807, 2.05) is 25.1 Å². The van der Waals surface area contributed by atoms with Gasteiger partial charge in [0.05, 0.1) is 18.8 Å². The predicted molar refractivity (Wildman–Crippen MR) is 108 cm³/mol. The van der Waals surface area contributed by atoms with Crippen LogP contribution in [-0.4, -0.2) is 49.7 Å². The van der Waals surface area contributed by atoms with E-state index in [0.29, 0.717) is 16.3 Å². The van der Waals surface area contributed by atoms with E-state index < -0.39 is 11.9 Å². The Balaban J connectivity index is 1.47. The molecule has 0 unspecified atom stereocenters. The Kier molecular flexibility index (Phi) is 7.03. The van der Waals surface area contributed by atoms with Crippen LogP contribution in [0.15, 0.2) is 42.5 Å². The topological polar surface area (TPSA) is 67.9 Å². The molecule has 2 aromatic carbocycles. The second-order valence-electron chi connectivity index (χ2n) is 6.67. The molecule has 7 heteroatoms. The Morgan fingerprint density at radius 2 is 1.86 bits per heavy atom. The van der Waals surface area contributed by atoms with Crippen molar-refractivity contribution in [1.29, 1.82) is 0 Å². The Labute approximate surface area is 169 Å². The second kappa shape index (κ2) is 9.68. The molecule has 1 N–H and O–H groups in total. The maximum atomic E-state index is 12.2. The van der Waals surface area contributed by atoms with Gasteiger partial charge >= 0.3 is 5.97 Å². The number of nitrogens with one attached hydrogen (secondary N) is 1. The molecule has 0 aromatic heterocycles. The first-order valence-electron chi connectivity index (χ1n) is 9.13. The van der Waals surface area contributed by atoms with E-state index in [4.69, 9.17) is 21.1 Å². The summed E-state index contributed by atoms with van der Waals surface area (Å²) in [7, 11) is 0. The SMILES string of the molecule is Cc1ccc(NC(=O)COC(=O)c2ccc(CN3CCOCC3)cc2)cc1Cl. The molecule has 0 atom stereocenters. The van der Waals surface area contributed by atoms with E-state index in [2.05, 4.69) is 10.2 Å². The molecule has 1 saturated heterocycles. The zero-order valence-electron chi connectivity index (χ0n) is 15.7. The van der Waals surface area contributed by atoms with E-state index in [9.17, 15) is 9.59 Å². The number of nitrogens with zero attached hydrogens (tertiary/aromatic N) is 1. The molecule has 0 spiro atoms. The summed E-state index contributed by atoms with van der Waals surface area (Å²) in [5.41, 5.74) is 3.01. The summed E-state index contributed by atoms with van der Waals surface area (Å²) >= 11 is 6.03. The Bertz CT molecular complexity index is 833. The van der Waals surface area contributed by atoms with E-state index in [1.54, 1.807) is 24.3 Å². The molecule has 1 fully saturated rings. The molecule has 1 heterocycles. The summed E-state index contributed by atoms with van der Waals surface area (Å²) < 4.78 is 10.4. The molecular weight excluding hydrogens is 380 g/mol. The molecule has 0 radical (unpaired) electrons. The molecule has 0 bridgehead atoms. The van der Waals surface area contributed by atoms with E-state index in [-0.39, 0.29) is 6.61 Å². The molecule has 6 nitrogen and oxygen atoms in total. The van der Waals surface area contributed by atoms with Crippen molar-refractivity contribution >= 4 is 29.2 Å². The van der Waals surface area contributed by atoms with Crippen LogP contribution in [0, 0.1) is 6.92 Å². The number of anilines is 1. The number of esters is 1. The van der Waals surface area contributed by atoms with Crippen LogP contribution >= 0.6 is 11.6 Å². The quantitative estimate of drug-likeness (QED) is 0.751. The average molecular weight is 403 g/mol.